The molecule has 0 spiro atoms. The van der Waals surface area contributed by atoms with Crippen LogP contribution in [0.15, 0.2) is 0 Å². The third kappa shape index (κ3) is 3.98. The first-order valence-electron chi connectivity index (χ1n) is 3.31. The van der Waals surface area contributed by atoms with Crippen LogP contribution in [-0.2, 0) is 10.0 Å². The van der Waals surface area contributed by atoms with Crippen LogP contribution in [0.2, 0.25) is 0 Å². The van der Waals surface area contributed by atoms with Crippen LogP contribution in [-0.4, -0.2) is 44.1 Å². The molecule has 11 heavy (non-hydrogen) atoms. The van der Waals surface area contributed by atoms with E-state index >= 15 is 0 Å². The largest absolute Gasteiger partial charge is 0.213 e. The van der Waals surface area contributed by atoms with Crippen molar-refractivity contribution in [3.05, 3.63) is 0 Å². The first-order valence-corrected chi connectivity index (χ1v) is 6.55. The summed E-state index contributed by atoms with van der Waals surface area (Å²) in [4.78, 5) is 0. The monoisotopic (exact) mass is 197 g/mol. The maximum absolute atomic E-state index is 11.0. The predicted octanol–water partition coefficient (Wildman–Crippen LogP) is 0.629. The summed E-state index contributed by atoms with van der Waals surface area (Å²) < 4.78 is 23.3. The van der Waals surface area contributed by atoms with Crippen molar-refractivity contribution in [1.29, 1.82) is 0 Å². The zero-order valence-corrected chi connectivity index (χ0v) is 9.00. The van der Waals surface area contributed by atoms with E-state index in [9.17, 15) is 8.42 Å². The lowest BCUT2D eigenvalue weighted by molar-refractivity contribution is 0.419. The second kappa shape index (κ2) is 4.33. The van der Waals surface area contributed by atoms with Crippen LogP contribution in [0, 0.1) is 0 Å². The first kappa shape index (κ1) is 11.3. The van der Waals surface area contributed by atoms with E-state index in [4.69, 9.17) is 0 Å². The van der Waals surface area contributed by atoms with E-state index in [2.05, 4.69) is 0 Å². The third-order valence-corrected chi connectivity index (χ3v) is 3.77. The van der Waals surface area contributed by atoms with Gasteiger partial charge in [0.15, 0.2) is 0 Å². The predicted molar refractivity (Wildman–Crippen MR) is 50.5 cm³/mol. The van der Waals surface area contributed by atoms with Gasteiger partial charge in [0.05, 0.1) is 6.26 Å². The van der Waals surface area contributed by atoms with E-state index < -0.39 is 10.0 Å². The molecule has 0 saturated carbocycles. The van der Waals surface area contributed by atoms with Gasteiger partial charge in [-0.2, -0.15) is 11.8 Å². The van der Waals surface area contributed by atoms with Crippen LogP contribution in [0.3, 0.4) is 0 Å². The van der Waals surface area contributed by atoms with Gasteiger partial charge in [-0.1, -0.05) is 0 Å². The lowest BCUT2D eigenvalue weighted by atomic mass is 10.4. The molecule has 0 N–H and O–H groups in total. The van der Waals surface area contributed by atoms with Gasteiger partial charge in [-0.25, -0.2) is 12.7 Å². The van der Waals surface area contributed by atoms with Crippen LogP contribution in [0.1, 0.15) is 6.92 Å². The molecule has 0 rings (SSSR count). The van der Waals surface area contributed by atoms with Crippen LogP contribution < -0.4 is 0 Å². The molecular weight excluding hydrogens is 182 g/mol. The molecule has 0 aromatic rings. The van der Waals surface area contributed by atoms with Gasteiger partial charge in [0, 0.05) is 18.8 Å². The van der Waals surface area contributed by atoms with Crippen LogP contribution in [0.4, 0.5) is 0 Å². The van der Waals surface area contributed by atoms with Gasteiger partial charge in [0.25, 0.3) is 0 Å². The fraction of sp³-hybridized carbons (Fsp3) is 1.00. The minimum atomic E-state index is -3.00. The maximum Gasteiger partial charge on any atom is 0.211 e. The summed E-state index contributed by atoms with van der Waals surface area (Å²) in [5.74, 6) is 0.837. The second-order valence-corrected chi connectivity index (χ2v) is 5.54. The molecule has 0 radical (unpaired) electrons. The van der Waals surface area contributed by atoms with E-state index in [0.29, 0.717) is 0 Å². The molecule has 0 saturated heterocycles. The molecule has 68 valence electrons. The zero-order chi connectivity index (χ0) is 9.07. The average molecular weight is 197 g/mol. The first-order chi connectivity index (χ1) is 4.89. The van der Waals surface area contributed by atoms with Crippen molar-refractivity contribution in [3.8, 4) is 0 Å². The molecule has 0 aliphatic heterocycles. The van der Waals surface area contributed by atoms with E-state index in [1.54, 1.807) is 18.8 Å². The van der Waals surface area contributed by atoms with Gasteiger partial charge in [-0.3, -0.25) is 0 Å². The fourth-order valence-electron chi connectivity index (χ4n) is 0.673. The molecule has 0 bridgehead atoms. The lowest BCUT2D eigenvalue weighted by Gasteiger charge is -2.21. The number of rotatable bonds is 4. The lowest BCUT2D eigenvalue weighted by Crippen LogP contribution is -2.35. The van der Waals surface area contributed by atoms with Gasteiger partial charge in [0.1, 0.15) is 0 Å². The Bertz CT molecular complexity index is 201. The highest BCUT2D eigenvalue weighted by Gasteiger charge is 2.16. The Morgan fingerprint density at radius 1 is 1.55 bits per heavy atom. The van der Waals surface area contributed by atoms with Crippen molar-refractivity contribution in [2.75, 3.05) is 25.3 Å². The molecule has 0 aromatic heterocycles. The van der Waals surface area contributed by atoms with Crippen molar-refractivity contribution < 1.29 is 8.42 Å². The molecule has 5 heteroatoms. The van der Waals surface area contributed by atoms with Gasteiger partial charge in [-0.15, -0.1) is 0 Å². The smallest absolute Gasteiger partial charge is 0.211 e. The van der Waals surface area contributed by atoms with Gasteiger partial charge in [0.2, 0.25) is 10.0 Å². The number of hydrogen-bond donors (Lipinski definition) is 0. The molecule has 0 fully saturated rings. The van der Waals surface area contributed by atoms with Crippen molar-refractivity contribution in [2.45, 2.75) is 13.0 Å². The second-order valence-electron chi connectivity index (χ2n) is 2.58. The molecule has 0 aliphatic rings. The van der Waals surface area contributed by atoms with E-state index in [-0.39, 0.29) is 6.04 Å². The quantitative estimate of drug-likeness (QED) is 0.663. The van der Waals surface area contributed by atoms with Crippen LogP contribution in [0.25, 0.3) is 0 Å². The molecule has 1 atom stereocenters. The zero-order valence-electron chi connectivity index (χ0n) is 7.36. The molecule has 0 aromatic carbocycles. The van der Waals surface area contributed by atoms with Crippen LogP contribution >= 0.6 is 11.8 Å². The Labute approximate surface area is 73.2 Å². The summed E-state index contributed by atoms with van der Waals surface area (Å²) >= 11 is 1.65. The van der Waals surface area contributed by atoms with Crippen molar-refractivity contribution in [2.24, 2.45) is 0 Å². The summed E-state index contributed by atoms with van der Waals surface area (Å²) in [6, 6.07) is 0.0833. The minimum absolute atomic E-state index is 0.0833. The van der Waals surface area contributed by atoms with Gasteiger partial charge < -0.3 is 0 Å². The standard InChI is InChI=1S/C6H15NO2S2/c1-6(5-10-3)7(2)11(4,8)9/h6H,5H2,1-4H3/t6-/m1/s1. The molecular formula is C6H15NO2S2. The topological polar surface area (TPSA) is 37.4 Å². The maximum atomic E-state index is 11.0. The summed E-state index contributed by atoms with van der Waals surface area (Å²) in [7, 11) is -1.40. The Morgan fingerprint density at radius 2 is 2.00 bits per heavy atom. The summed E-state index contributed by atoms with van der Waals surface area (Å²) in [5, 5.41) is 0. The minimum Gasteiger partial charge on any atom is -0.213 e. The molecule has 0 aliphatic carbocycles. The molecule has 0 unspecified atom stereocenters. The van der Waals surface area contributed by atoms with Gasteiger partial charge in [-0.05, 0) is 13.2 Å². The number of thioether (sulfide) groups is 1. The van der Waals surface area contributed by atoms with E-state index in [1.807, 2.05) is 13.2 Å². The molecule has 0 amide bonds. The van der Waals surface area contributed by atoms with E-state index in [0.717, 1.165) is 5.75 Å². The number of hydrogen-bond acceptors (Lipinski definition) is 3. The molecule has 0 heterocycles. The number of sulfonamides is 1. The van der Waals surface area contributed by atoms with Gasteiger partial charge >= 0.3 is 0 Å². The Hall–Kier alpha value is 0.260. The third-order valence-electron chi connectivity index (χ3n) is 1.55. The molecule has 3 nitrogen and oxygen atoms in total. The highest BCUT2D eigenvalue weighted by Crippen LogP contribution is 2.06. The SMILES string of the molecule is CSC[C@@H](C)N(C)S(C)(=O)=O. The van der Waals surface area contributed by atoms with E-state index in [1.165, 1.54) is 10.6 Å². The Morgan fingerprint density at radius 3 is 2.27 bits per heavy atom. The normalized spacial score (nSPS) is 15.4. The van der Waals surface area contributed by atoms with Crippen molar-refractivity contribution >= 4 is 21.8 Å². The Balaban J connectivity index is 4.14. The average Bonchev–Trinajstić information content (AvgIpc) is 1.85. The van der Waals surface area contributed by atoms with Crippen molar-refractivity contribution in [3.63, 3.8) is 0 Å². The highest BCUT2D eigenvalue weighted by atomic mass is 32.2. The fourth-order valence-corrected chi connectivity index (χ4v) is 2.20. The summed E-state index contributed by atoms with van der Waals surface area (Å²) in [6.07, 6.45) is 3.19. The van der Waals surface area contributed by atoms with Crippen LogP contribution in [0.5, 0.6) is 0 Å². The summed E-state index contributed by atoms with van der Waals surface area (Å²) in [6.45, 7) is 1.90. The van der Waals surface area contributed by atoms with Crippen molar-refractivity contribution in [1.82, 2.24) is 4.31 Å². The Kier molecular flexibility index (Phi) is 4.43. The highest BCUT2D eigenvalue weighted by molar-refractivity contribution is 7.98. The summed E-state index contributed by atoms with van der Waals surface area (Å²) in [5.41, 5.74) is 0. The number of nitrogens with zero attached hydrogens (tertiary/aromatic N) is 1.